The Balaban J connectivity index is 1.54. The molecule has 3 fully saturated rings. The first-order chi connectivity index (χ1) is 15.9. The molecule has 7 rings (SSSR count). The van der Waals surface area contributed by atoms with E-state index < -0.39 is 11.6 Å². The van der Waals surface area contributed by atoms with Gasteiger partial charge in [-0.15, -0.1) is 0 Å². The number of fused-ring (bicyclic) bond motifs is 5. The van der Waals surface area contributed by atoms with Crippen molar-refractivity contribution >= 4 is 27.6 Å². The van der Waals surface area contributed by atoms with Crippen molar-refractivity contribution in [3.8, 4) is 11.4 Å². The molecule has 170 valence electrons. The van der Waals surface area contributed by atoms with Crippen LogP contribution in [0.15, 0.2) is 30.5 Å². The van der Waals surface area contributed by atoms with Crippen molar-refractivity contribution in [1.29, 1.82) is 0 Å². The summed E-state index contributed by atoms with van der Waals surface area (Å²) in [6, 6.07) is 6.81. The van der Waals surface area contributed by atoms with Gasteiger partial charge in [-0.2, -0.15) is 0 Å². The maximum absolute atomic E-state index is 14.3. The molecule has 2 atom stereocenters. The molecule has 33 heavy (non-hydrogen) atoms. The summed E-state index contributed by atoms with van der Waals surface area (Å²) >= 11 is 0. The fourth-order valence-electron chi connectivity index (χ4n) is 6.16. The second kappa shape index (κ2) is 7.51. The molecule has 0 saturated heterocycles. The number of benzene rings is 2. The number of rotatable bonds is 3. The van der Waals surface area contributed by atoms with Crippen LogP contribution in [0.25, 0.3) is 33.2 Å². The van der Waals surface area contributed by atoms with Gasteiger partial charge in [-0.3, -0.25) is 0 Å². The Morgan fingerprint density at radius 3 is 2.48 bits per heavy atom. The van der Waals surface area contributed by atoms with Crippen molar-refractivity contribution in [3.63, 3.8) is 0 Å². The van der Waals surface area contributed by atoms with Gasteiger partial charge in [0.15, 0.2) is 5.82 Å². The SMILES string of the molecule is Cc1ccc2c(N[C@H]3C4CCC(CC4)[C@@H]3C)nc(-c3c[nH]c4c(F)cc(F)cc34)nc2c1C. The number of nitrogens with one attached hydrogen (secondary N) is 2. The zero-order valence-electron chi connectivity index (χ0n) is 19.2. The van der Waals surface area contributed by atoms with Crippen LogP contribution in [0.2, 0.25) is 0 Å². The molecule has 3 aliphatic rings. The first-order valence-corrected chi connectivity index (χ1v) is 11.9. The zero-order chi connectivity index (χ0) is 22.9. The minimum absolute atomic E-state index is 0.267. The fraction of sp³-hybridized carbons (Fsp3) is 0.407. The van der Waals surface area contributed by atoms with Crippen molar-refractivity contribution in [2.24, 2.45) is 17.8 Å². The van der Waals surface area contributed by atoms with Crippen LogP contribution in [0.1, 0.15) is 43.7 Å². The average Bonchev–Trinajstić information content (AvgIpc) is 3.23. The molecule has 0 aliphatic heterocycles. The summed E-state index contributed by atoms with van der Waals surface area (Å²) in [6.45, 7) is 6.50. The Kier molecular flexibility index (Phi) is 4.68. The third-order valence-corrected chi connectivity index (χ3v) is 8.28. The summed E-state index contributed by atoms with van der Waals surface area (Å²) < 4.78 is 28.4. The number of halogens is 2. The van der Waals surface area contributed by atoms with Crippen molar-refractivity contribution in [2.75, 3.05) is 5.32 Å². The molecule has 4 nitrogen and oxygen atoms in total. The molecule has 3 saturated carbocycles. The highest BCUT2D eigenvalue weighted by molar-refractivity contribution is 5.98. The van der Waals surface area contributed by atoms with Crippen LogP contribution >= 0.6 is 0 Å². The Labute approximate surface area is 191 Å². The largest absolute Gasteiger partial charge is 0.366 e. The summed E-state index contributed by atoms with van der Waals surface area (Å²) in [5.41, 5.74) is 3.99. The van der Waals surface area contributed by atoms with Gasteiger partial charge in [0.1, 0.15) is 17.5 Å². The Morgan fingerprint density at radius 2 is 1.73 bits per heavy atom. The maximum atomic E-state index is 14.3. The summed E-state index contributed by atoms with van der Waals surface area (Å²) in [5.74, 6) is 2.07. The lowest BCUT2D eigenvalue weighted by atomic mass is 9.62. The lowest BCUT2D eigenvalue weighted by Gasteiger charge is -2.47. The van der Waals surface area contributed by atoms with Crippen LogP contribution < -0.4 is 5.32 Å². The van der Waals surface area contributed by atoms with E-state index in [1.807, 2.05) is 0 Å². The third-order valence-electron chi connectivity index (χ3n) is 8.28. The number of nitrogens with zero attached hydrogens (tertiary/aromatic N) is 2. The van der Waals surface area contributed by atoms with E-state index in [-0.39, 0.29) is 5.52 Å². The Hall–Kier alpha value is -3.02. The summed E-state index contributed by atoms with van der Waals surface area (Å²) in [4.78, 5) is 12.8. The fourth-order valence-corrected chi connectivity index (χ4v) is 6.16. The third kappa shape index (κ3) is 3.22. The molecule has 2 aromatic heterocycles. The van der Waals surface area contributed by atoms with Gasteiger partial charge in [0.25, 0.3) is 0 Å². The predicted molar refractivity (Wildman–Crippen MR) is 128 cm³/mol. The minimum Gasteiger partial charge on any atom is -0.366 e. The van der Waals surface area contributed by atoms with Gasteiger partial charge in [0.2, 0.25) is 0 Å². The first-order valence-electron chi connectivity index (χ1n) is 11.9. The Morgan fingerprint density at radius 1 is 0.970 bits per heavy atom. The number of hydrogen-bond acceptors (Lipinski definition) is 3. The molecular formula is C27H28F2N4. The summed E-state index contributed by atoms with van der Waals surface area (Å²) in [6.07, 6.45) is 6.85. The smallest absolute Gasteiger partial charge is 0.164 e. The van der Waals surface area contributed by atoms with Gasteiger partial charge in [-0.05, 0) is 80.5 Å². The van der Waals surface area contributed by atoms with Crippen LogP contribution in [0.3, 0.4) is 0 Å². The van der Waals surface area contributed by atoms with Crippen LogP contribution in [0.5, 0.6) is 0 Å². The maximum Gasteiger partial charge on any atom is 0.164 e. The normalized spacial score (nSPS) is 24.6. The van der Waals surface area contributed by atoms with E-state index in [9.17, 15) is 8.78 Å². The van der Waals surface area contributed by atoms with Crippen molar-refractivity contribution in [2.45, 2.75) is 52.5 Å². The highest BCUT2D eigenvalue weighted by atomic mass is 19.1. The van der Waals surface area contributed by atoms with Crippen LogP contribution in [0, 0.1) is 43.2 Å². The second-order valence-electron chi connectivity index (χ2n) is 10.0. The van der Waals surface area contributed by atoms with E-state index in [4.69, 9.17) is 9.97 Å². The molecule has 2 heterocycles. The average molecular weight is 447 g/mol. The zero-order valence-corrected chi connectivity index (χ0v) is 19.2. The molecule has 0 radical (unpaired) electrons. The van der Waals surface area contributed by atoms with Crippen LogP contribution in [-0.4, -0.2) is 21.0 Å². The molecule has 0 unspecified atom stereocenters. The molecule has 2 aromatic carbocycles. The van der Waals surface area contributed by atoms with E-state index in [1.165, 1.54) is 31.7 Å². The van der Waals surface area contributed by atoms with Crippen molar-refractivity contribution in [3.05, 3.63) is 53.2 Å². The van der Waals surface area contributed by atoms with E-state index >= 15 is 0 Å². The van der Waals surface area contributed by atoms with Crippen LogP contribution in [0.4, 0.5) is 14.6 Å². The van der Waals surface area contributed by atoms with E-state index in [2.05, 4.69) is 43.2 Å². The first kappa shape index (κ1) is 20.6. The molecule has 2 N–H and O–H groups in total. The number of anilines is 1. The molecule has 6 heteroatoms. The highest BCUT2D eigenvalue weighted by Gasteiger charge is 2.41. The van der Waals surface area contributed by atoms with Crippen molar-refractivity contribution < 1.29 is 8.78 Å². The van der Waals surface area contributed by atoms with E-state index in [1.54, 1.807) is 6.20 Å². The number of aryl methyl sites for hydroxylation is 2. The van der Waals surface area contributed by atoms with Gasteiger partial charge >= 0.3 is 0 Å². The molecule has 4 aromatic rings. The lowest BCUT2D eigenvalue weighted by Crippen LogP contribution is -2.47. The summed E-state index contributed by atoms with van der Waals surface area (Å²) in [7, 11) is 0. The quantitative estimate of drug-likeness (QED) is 0.359. The van der Waals surface area contributed by atoms with Gasteiger partial charge < -0.3 is 10.3 Å². The number of hydrogen-bond donors (Lipinski definition) is 2. The van der Waals surface area contributed by atoms with E-state index in [0.717, 1.165) is 39.8 Å². The molecule has 3 aliphatic carbocycles. The number of H-pyrrole nitrogens is 1. The number of aromatic nitrogens is 3. The van der Waals surface area contributed by atoms with Gasteiger partial charge in [0, 0.05) is 34.6 Å². The van der Waals surface area contributed by atoms with Crippen LogP contribution in [-0.2, 0) is 0 Å². The summed E-state index contributed by atoms with van der Waals surface area (Å²) in [5, 5.41) is 5.26. The molecule has 0 amide bonds. The standard InChI is InChI=1S/C27H28F2N4/c1-13-4-9-19-24(14(13)2)32-27(21-12-30-25-20(21)10-18(28)11-22(25)29)33-26(19)31-23-15(3)16-5-7-17(23)8-6-16/h4,9-12,15-17,23,30H,5-8H2,1-3H3,(H,31,32,33)/t15-,16?,17?,23+/m0/s1. The second-order valence-corrected chi connectivity index (χ2v) is 10.0. The number of aromatic amines is 1. The van der Waals surface area contributed by atoms with E-state index in [0.29, 0.717) is 34.7 Å². The highest BCUT2D eigenvalue weighted by Crippen LogP contribution is 2.46. The topological polar surface area (TPSA) is 53.6 Å². The molecular weight excluding hydrogens is 418 g/mol. The van der Waals surface area contributed by atoms with Crippen molar-refractivity contribution in [1.82, 2.24) is 15.0 Å². The molecule has 0 spiro atoms. The predicted octanol–water partition coefficient (Wildman–Crippen LogP) is 6.91. The van der Waals surface area contributed by atoms with Gasteiger partial charge in [-0.1, -0.05) is 13.0 Å². The Bertz CT molecular complexity index is 1380. The van der Waals surface area contributed by atoms with Gasteiger partial charge in [-0.25, -0.2) is 18.7 Å². The monoisotopic (exact) mass is 446 g/mol. The van der Waals surface area contributed by atoms with Gasteiger partial charge in [0.05, 0.1) is 11.0 Å². The molecule has 2 bridgehead atoms. The lowest BCUT2D eigenvalue weighted by molar-refractivity contribution is 0.0929. The minimum atomic E-state index is -0.616.